The van der Waals surface area contributed by atoms with Crippen LogP contribution >= 0.6 is 0 Å². The Morgan fingerprint density at radius 2 is 2.22 bits per heavy atom. The van der Waals surface area contributed by atoms with Crippen molar-refractivity contribution in [2.75, 3.05) is 13.2 Å². The van der Waals surface area contributed by atoms with E-state index in [9.17, 15) is 19.8 Å². The number of allylic oxidation sites excluding steroid dienone is 1. The van der Waals surface area contributed by atoms with Gasteiger partial charge in [0.1, 0.15) is 18.3 Å². The first-order valence-corrected chi connectivity index (χ1v) is 8.87. The minimum atomic E-state index is -0.736. The van der Waals surface area contributed by atoms with Gasteiger partial charge in [0.15, 0.2) is 0 Å². The van der Waals surface area contributed by atoms with E-state index in [0.29, 0.717) is 12.0 Å². The van der Waals surface area contributed by atoms with Gasteiger partial charge >= 0.3 is 11.9 Å². The molecule has 7 heteroatoms. The van der Waals surface area contributed by atoms with Crippen LogP contribution in [0.1, 0.15) is 20.3 Å². The smallest absolute Gasteiger partial charge is 0.336 e. The van der Waals surface area contributed by atoms with Gasteiger partial charge in [-0.05, 0) is 25.5 Å². The summed E-state index contributed by atoms with van der Waals surface area (Å²) in [7, 11) is 0. The van der Waals surface area contributed by atoms with Gasteiger partial charge in [0, 0.05) is 12.0 Å². The highest BCUT2D eigenvalue weighted by molar-refractivity contribution is 5.92. The minimum Gasteiger partial charge on any atom is -0.458 e. The van der Waals surface area contributed by atoms with E-state index in [4.69, 9.17) is 14.2 Å². The van der Waals surface area contributed by atoms with Crippen molar-refractivity contribution in [1.29, 1.82) is 0 Å². The molecule has 0 spiro atoms. The number of epoxide rings is 1. The predicted octanol–water partition coefficient (Wildman–Crippen LogP) is 0.971. The maximum Gasteiger partial charge on any atom is 0.336 e. The summed E-state index contributed by atoms with van der Waals surface area (Å²) >= 11 is 0. The second-order valence-corrected chi connectivity index (χ2v) is 7.15. The first-order valence-electron chi connectivity index (χ1n) is 8.87. The van der Waals surface area contributed by atoms with Crippen molar-refractivity contribution in [2.45, 2.75) is 44.2 Å². The Balaban J connectivity index is 1.97. The van der Waals surface area contributed by atoms with E-state index >= 15 is 0 Å². The van der Waals surface area contributed by atoms with E-state index in [-0.39, 0.29) is 23.9 Å². The fraction of sp³-hybridized carbons (Fsp3) is 0.500. The zero-order valence-corrected chi connectivity index (χ0v) is 15.4. The number of rotatable bonds is 4. The Kier molecular flexibility index (Phi) is 5.37. The molecule has 2 heterocycles. The summed E-state index contributed by atoms with van der Waals surface area (Å²) in [5.74, 6) is -1.82. The summed E-state index contributed by atoms with van der Waals surface area (Å²) in [6.45, 7) is 6.67. The number of hydrogen-bond donors (Lipinski definition) is 2. The molecular weight excluding hydrogens is 352 g/mol. The minimum absolute atomic E-state index is 0.129. The molecular formula is C20H24O7. The number of fused-ring (bicyclic) bond motifs is 2. The summed E-state index contributed by atoms with van der Waals surface area (Å²) in [6.07, 6.45) is 5.42. The van der Waals surface area contributed by atoms with Crippen LogP contribution in [0.5, 0.6) is 0 Å². The Labute approximate surface area is 157 Å². The van der Waals surface area contributed by atoms with Crippen LogP contribution in [0.2, 0.25) is 0 Å². The lowest BCUT2D eigenvalue weighted by molar-refractivity contribution is -0.148. The van der Waals surface area contributed by atoms with Crippen LogP contribution < -0.4 is 0 Å². The Morgan fingerprint density at radius 3 is 2.85 bits per heavy atom. The number of esters is 2. The average Bonchev–Trinajstić information content (AvgIpc) is 3.18. The zero-order valence-electron chi connectivity index (χ0n) is 15.4. The van der Waals surface area contributed by atoms with Crippen molar-refractivity contribution in [3.63, 3.8) is 0 Å². The third-order valence-electron chi connectivity index (χ3n) is 5.29. The molecule has 0 radical (unpaired) electrons. The normalized spacial score (nSPS) is 38.8. The van der Waals surface area contributed by atoms with Crippen molar-refractivity contribution in [2.24, 2.45) is 5.92 Å². The predicted molar refractivity (Wildman–Crippen MR) is 95.4 cm³/mol. The first-order chi connectivity index (χ1) is 12.8. The van der Waals surface area contributed by atoms with E-state index < -0.39 is 42.3 Å². The molecule has 0 aromatic rings. The Morgan fingerprint density at radius 1 is 1.48 bits per heavy atom. The van der Waals surface area contributed by atoms with Crippen molar-refractivity contribution < 1.29 is 34.0 Å². The van der Waals surface area contributed by atoms with Crippen molar-refractivity contribution in [3.05, 3.63) is 47.6 Å². The van der Waals surface area contributed by atoms with Gasteiger partial charge in [0.2, 0.25) is 0 Å². The van der Waals surface area contributed by atoms with Crippen molar-refractivity contribution >= 4 is 11.9 Å². The molecule has 7 nitrogen and oxygen atoms in total. The molecule has 146 valence electrons. The second-order valence-electron chi connectivity index (χ2n) is 7.15. The number of carbonyl (C=O) groups excluding carboxylic acids is 2. The molecule has 2 fully saturated rings. The molecule has 2 N–H and O–H groups in total. The third-order valence-corrected chi connectivity index (χ3v) is 5.29. The lowest BCUT2D eigenvalue weighted by Crippen LogP contribution is -2.37. The summed E-state index contributed by atoms with van der Waals surface area (Å²) in [5.41, 5.74) is 0.347. The molecule has 0 unspecified atom stereocenters. The van der Waals surface area contributed by atoms with Crippen molar-refractivity contribution in [3.8, 4) is 0 Å². The summed E-state index contributed by atoms with van der Waals surface area (Å²) in [5, 5.41) is 18.9. The topological polar surface area (TPSA) is 106 Å². The number of hydrogen-bond acceptors (Lipinski definition) is 7. The van der Waals surface area contributed by atoms with E-state index in [2.05, 4.69) is 6.58 Å². The Hall–Kier alpha value is -2.22. The summed E-state index contributed by atoms with van der Waals surface area (Å²) in [4.78, 5) is 24.6. The number of ether oxygens (including phenoxy) is 3. The highest BCUT2D eigenvalue weighted by Gasteiger charge is 2.56. The van der Waals surface area contributed by atoms with E-state index in [1.807, 2.05) is 13.0 Å². The zero-order chi connectivity index (χ0) is 19.8. The number of aliphatic hydroxyl groups excluding tert-OH is 2. The van der Waals surface area contributed by atoms with Crippen LogP contribution in [0.15, 0.2) is 47.6 Å². The standard InChI is InChI=1S/C20H24O7/c1-4-13(10-22)19(24)26-15-8-20(3)16(27-20)6-5-12(9-21)7-14-17(15)11(2)18(23)25-14/h4-7,14-17,21-22H,2,8-10H2,1,3H3/b6-5-,12-7-,13-4-/t14-,15-,16-,17+,20+/m1/s1. The lowest BCUT2D eigenvalue weighted by Gasteiger charge is -2.28. The molecule has 27 heavy (non-hydrogen) atoms. The number of carbonyl (C=O) groups is 2. The highest BCUT2D eigenvalue weighted by Crippen LogP contribution is 2.46. The summed E-state index contributed by atoms with van der Waals surface area (Å²) in [6, 6.07) is 0. The molecule has 0 bridgehead atoms. The molecule has 3 rings (SSSR count). The molecule has 0 saturated carbocycles. The third kappa shape index (κ3) is 3.76. The average molecular weight is 376 g/mol. The van der Waals surface area contributed by atoms with Gasteiger partial charge in [-0.3, -0.25) is 0 Å². The first kappa shape index (κ1) is 19.5. The Bertz CT molecular complexity index is 747. The van der Waals surface area contributed by atoms with Crippen LogP contribution in [-0.2, 0) is 23.8 Å². The van der Waals surface area contributed by atoms with Gasteiger partial charge in [-0.25, -0.2) is 9.59 Å². The molecule has 0 aromatic heterocycles. The number of aliphatic hydroxyl groups is 2. The van der Waals surface area contributed by atoms with Gasteiger partial charge in [-0.15, -0.1) is 0 Å². The van der Waals surface area contributed by atoms with Gasteiger partial charge in [-0.1, -0.05) is 24.8 Å². The van der Waals surface area contributed by atoms with Gasteiger partial charge < -0.3 is 24.4 Å². The molecule has 3 aliphatic rings. The largest absolute Gasteiger partial charge is 0.458 e. The van der Waals surface area contributed by atoms with Crippen LogP contribution in [0, 0.1) is 5.92 Å². The van der Waals surface area contributed by atoms with Gasteiger partial charge in [0.05, 0.1) is 30.3 Å². The molecule has 0 amide bonds. The monoisotopic (exact) mass is 376 g/mol. The van der Waals surface area contributed by atoms with Gasteiger partial charge in [-0.2, -0.15) is 0 Å². The fourth-order valence-electron chi connectivity index (χ4n) is 3.55. The van der Waals surface area contributed by atoms with E-state index in [0.717, 1.165) is 0 Å². The second kappa shape index (κ2) is 7.42. The van der Waals surface area contributed by atoms with Crippen molar-refractivity contribution in [1.82, 2.24) is 0 Å². The highest BCUT2D eigenvalue weighted by atomic mass is 16.6. The lowest BCUT2D eigenvalue weighted by atomic mass is 9.83. The molecule has 2 aliphatic heterocycles. The van der Waals surface area contributed by atoms with Crippen LogP contribution in [0.25, 0.3) is 0 Å². The molecule has 5 atom stereocenters. The molecule has 2 saturated heterocycles. The SMILES string of the molecule is C=C1C(=O)O[C@@H]2/C=C(CO)/C=C\[C@H]3O[C@@]3(C)C[C@@H](OC(=O)/C(=C\C)CO)[C@@H]12. The van der Waals surface area contributed by atoms with Gasteiger partial charge in [0.25, 0.3) is 0 Å². The molecule has 0 aromatic carbocycles. The van der Waals surface area contributed by atoms with E-state index in [1.165, 1.54) is 6.08 Å². The quantitative estimate of drug-likeness (QED) is 0.428. The van der Waals surface area contributed by atoms with Crippen LogP contribution in [0.3, 0.4) is 0 Å². The van der Waals surface area contributed by atoms with Crippen LogP contribution in [-0.4, -0.2) is 59.3 Å². The van der Waals surface area contributed by atoms with Crippen LogP contribution in [0.4, 0.5) is 0 Å². The molecule has 1 aliphatic carbocycles. The summed E-state index contributed by atoms with van der Waals surface area (Å²) < 4.78 is 16.8. The maximum atomic E-state index is 12.4. The fourth-order valence-corrected chi connectivity index (χ4v) is 3.55. The van der Waals surface area contributed by atoms with E-state index in [1.54, 1.807) is 19.1 Å². The maximum absolute atomic E-state index is 12.4.